The highest BCUT2D eigenvalue weighted by Gasteiger charge is 2.17. The van der Waals surface area contributed by atoms with Crippen LogP contribution in [0.25, 0.3) is 11.4 Å². The molecule has 0 spiro atoms. The summed E-state index contributed by atoms with van der Waals surface area (Å²) in [6.45, 7) is 0. The Labute approximate surface area is 159 Å². The zero-order valence-electron chi connectivity index (χ0n) is 13.8. The lowest BCUT2D eigenvalue weighted by Gasteiger charge is -2.07. The van der Waals surface area contributed by atoms with Gasteiger partial charge in [-0.15, -0.1) is 0 Å². The molecular formula is C18H13N3O4S2. The Bertz CT molecular complexity index is 1120. The molecule has 136 valence electrons. The van der Waals surface area contributed by atoms with Crippen LogP contribution in [0, 0.1) is 0 Å². The minimum atomic E-state index is -3.78. The summed E-state index contributed by atoms with van der Waals surface area (Å²) >= 11 is 0.957. The summed E-state index contributed by atoms with van der Waals surface area (Å²) in [5.74, 6) is 1.61. The van der Waals surface area contributed by atoms with Gasteiger partial charge >= 0.3 is 0 Å². The van der Waals surface area contributed by atoms with E-state index in [0.29, 0.717) is 22.9 Å². The van der Waals surface area contributed by atoms with E-state index in [4.69, 9.17) is 9.15 Å². The molecule has 7 nitrogen and oxygen atoms in total. The van der Waals surface area contributed by atoms with E-state index in [2.05, 4.69) is 14.1 Å². The van der Waals surface area contributed by atoms with E-state index in [1.165, 1.54) is 24.7 Å². The third-order valence-corrected chi connectivity index (χ3v) is 5.65. The zero-order valence-corrected chi connectivity index (χ0v) is 15.4. The molecule has 0 aliphatic heterocycles. The van der Waals surface area contributed by atoms with E-state index in [9.17, 15) is 8.42 Å². The number of anilines is 1. The smallest absolute Gasteiger partial charge is 0.263 e. The molecule has 0 radical (unpaired) electrons. The summed E-state index contributed by atoms with van der Waals surface area (Å²) in [4.78, 5) is 4.27. The van der Waals surface area contributed by atoms with Crippen molar-refractivity contribution in [1.29, 1.82) is 0 Å². The standard InChI is InChI=1S/C18H13N3O4S2/c22-27(23,21-18-19-17(20-26-18)13-10-11-24-12-13)16-8-6-15(7-9-16)25-14-4-2-1-3-5-14/h1-12H,(H,19,20,21). The fourth-order valence-corrected chi connectivity index (χ4v) is 4.07. The molecule has 0 saturated heterocycles. The first-order valence-electron chi connectivity index (χ1n) is 7.82. The van der Waals surface area contributed by atoms with Crippen molar-refractivity contribution in [3.05, 3.63) is 73.2 Å². The Morgan fingerprint density at radius 1 is 0.963 bits per heavy atom. The number of furan rings is 1. The van der Waals surface area contributed by atoms with Gasteiger partial charge < -0.3 is 9.15 Å². The van der Waals surface area contributed by atoms with Gasteiger partial charge in [-0.25, -0.2) is 8.42 Å². The fraction of sp³-hybridized carbons (Fsp3) is 0. The molecule has 4 aromatic rings. The maximum Gasteiger partial charge on any atom is 0.263 e. The molecule has 0 fully saturated rings. The summed E-state index contributed by atoms with van der Waals surface area (Å²) in [5, 5.41) is 0.177. The van der Waals surface area contributed by atoms with Crippen LogP contribution in [0.2, 0.25) is 0 Å². The Balaban J connectivity index is 1.49. The Hall–Kier alpha value is -3.17. The van der Waals surface area contributed by atoms with Crippen molar-refractivity contribution in [3.8, 4) is 22.9 Å². The number of nitrogens with one attached hydrogen (secondary N) is 1. The molecule has 2 aromatic carbocycles. The molecule has 2 heterocycles. The minimum absolute atomic E-state index is 0.1000. The number of sulfonamides is 1. The van der Waals surface area contributed by atoms with E-state index >= 15 is 0 Å². The van der Waals surface area contributed by atoms with Crippen molar-refractivity contribution >= 4 is 26.7 Å². The monoisotopic (exact) mass is 399 g/mol. The highest BCUT2D eigenvalue weighted by molar-refractivity contribution is 7.93. The number of nitrogens with zero attached hydrogens (tertiary/aromatic N) is 2. The van der Waals surface area contributed by atoms with Crippen LogP contribution in [0.15, 0.2) is 82.5 Å². The maximum atomic E-state index is 12.5. The first-order chi connectivity index (χ1) is 13.1. The number of hydrogen-bond acceptors (Lipinski definition) is 7. The van der Waals surface area contributed by atoms with Crippen molar-refractivity contribution in [2.75, 3.05) is 4.72 Å². The van der Waals surface area contributed by atoms with E-state index in [1.54, 1.807) is 18.2 Å². The van der Waals surface area contributed by atoms with Crippen LogP contribution in [0.1, 0.15) is 0 Å². The summed E-state index contributed by atoms with van der Waals surface area (Å²) < 4.78 is 42.3. The number of hydrogen-bond donors (Lipinski definition) is 1. The fourth-order valence-electron chi connectivity index (χ4n) is 2.26. The van der Waals surface area contributed by atoms with Gasteiger partial charge in [-0.3, -0.25) is 4.72 Å². The number of benzene rings is 2. The molecular weight excluding hydrogens is 386 g/mol. The van der Waals surface area contributed by atoms with E-state index in [-0.39, 0.29) is 10.0 Å². The van der Waals surface area contributed by atoms with Crippen LogP contribution in [0.4, 0.5) is 5.13 Å². The molecule has 0 bridgehead atoms. The predicted molar refractivity (Wildman–Crippen MR) is 101 cm³/mol. The average Bonchev–Trinajstić information content (AvgIpc) is 3.34. The summed E-state index contributed by atoms with van der Waals surface area (Å²) in [5.41, 5.74) is 0.680. The quantitative estimate of drug-likeness (QED) is 0.517. The van der Waals surface area contributed by atoms with Gasteiger partial charge in [-0.2, -0.15) is 9.36 Å². The molecule has 0 amide bonds. The molecule has 1 N–H and O–H groups in total. The van der Waals surface area contributed by atoms with Crippen molar-refractivity contribution in [3.63, 3.8) is 0 Å². The van der Waals surface area contributed by atoms with Gasteiger partial charge in [0.05, 0.1) is 16.7 Å². The first-order valence-corrected chi connectivity index (χ1v) is 10.1. The topological polar surface area (TPSA) is 94.3 Å². The van der Waals surface area contributed by atoms with Crippen LogP contribution in [-0.4, -0.2) is 17.8 Å². The van der Waals surface area contributed by atoms with Crippen molar-refractivity contribution < 1.29 is 17.6 Å². The summed E-state index contributed by atoms with van der Waals surface area (Å²) in [6, 6.07) is 17.1. The van der Waals surface area contributed by atoms with Crippen LogP contribution < -0.4 is 9.46 Å². The van der Waals surface area contributed by atoms with Gasteiger partial charge in [-0.1, -0.05) is 18.2 Å². The number of rotatable bonds is 6. The number of ether oxygens (including phenoxy) is 1. The average molecular weight is 399 g/mol. The molecule has 0 atom stereocenters. The highest BCUT2D eigenvalue weighted by Crippen LogP contribution is 2.26. The first kappa shape index (κ1) is 17.3. The Morgan fingerprint density at radius 3 is 2.41 bits per heavy atom. The van der Waals surface area contributed by atoms with Crippen LogP contribution in [-0.2, 0) is 10.0 Å². The van der Waals surface area contributed by atoms with Gasteiger partial charge in [0.25, 0.3) is 10.0 Å². The Kier molecular flexibility index (Phi) is 4.61. The molecule has 0 aliphatic carbocycles. The van der Waals surface area contributed by atoms with E-state index in [1.807, 2.05) is 30.3 Å². The van der Waals surface area contributed by atoms with Crippen molar-refractivity contribution in [1.82, 2.24) is 9.36 Å². The van der Waals surface area contributed by atoms with Crippen LogP contribution >= 0.6 is 11.5 Å². The molecule has 0 saturated carbocycles. The third kappa shape index (κ3) is 3.99. The number of aromatic nitrogens is 2. The summed E-state index contributed by atoms with van der Waals surface area (Å²) in [6.07, 6.45) is 2.99. The van der Waals surface area contributed by atoms with Crippen molar-refractivity contribution in [2.45, 2.75) is 4.90 Å². The van der Waals surface area contributed by atoms with E-state index in [0.717, 1.165) is 11.5 Å². The molecule has 27 heavy (non-hydrogen) atoms. The zero-order chi connectivity index (χ0) is 18.7. The number of para-hydroxylation sites is 1. The summed E-state index contributed by atoms with van der Waals surface area (Å²) in [7, 11) is -3.78. The molecule has 0 aliphatic rings. The third-order valence-electron chi connectivity index (χ3n) is 3.54. The predicted octanol–water partition coefficient (Wildman–Crippen LogP) is 4.39. The lowest BCUT2D eigenvalue weighted by Crippen LogP contribution is -2.12. The maximum absolute atomic E-state index is 12.5. The molecule has 0 unspecified atom stereocenters. The van der Waals surface area contributed by atoms with Gasteiger partial charge in [0, 0.05) is 11.5 Å². The van der Waals surface area contributed by atoms with Gasteiger partial charge in [0.15, 0.2) is 5.82 Å². The lowest BCUT2D eigenvalue weighted by atomic mass is 10.3. The highest BCUT2D eigenvalue weighted by atomic mass is 32.2. The molecule has 4 rings (SSSR count). The normalized spacial score (nSPS) is 11.3. The van der Waals surface area contributed by atoms with Gasteiger partial charge in [-0.05, 0) is 42.5 Å². The molecule has 9 heteroatoms. The second kappa shape index (κ2) is 7.22. The van der Waals surface area contributed by atoms with Crippen LogP contribution in [0.3, 0.4) is 0 Å². The second-order valence-corrected chi connectivity index (χ2v) is 7.86. The van der Waals surface area contributed by atoms with Crippen LogP contribution in [0.5, 0.6) is 11.5 Å². The SMILES string of the molecule is O=S(=O)(Nc1nc(-c2ccoc2)ns1)c1ccc(Oc2ccccc2)cc1. The Morgan fingerprint density at radius 2 is 1.70 bits per heavy atom. The largest absolute Gasteiger partial charge is 0.472 e. The van der Waals surface area contributed by atoms with Gasteiger partial charge in [0.2, 0.25) is 5.13 Å². The lowest BCUT2D eigenvalue weighted by molar-refractivity contribution is 0.482. The van der Waals surface area contributed by atoms with E-state index < -0.39 is 10.0 Å². The van der Waals surface area contributed by atoms with Crippen molar-refractivity contribution in [2.24, 2.45) is 0 Å². The molecule has 2 aromatic heterocycles. The minimum Gasteiger partial charge on any atom is -0.472 e. The van der Waals surface area contributed by atoms with Gasteiger partial charge in [0.1, 0.15) is 17.8 Å². The second-order valence-electron chi connectivity index (χ2n) is 5.43.